The number of benzene rings is 2. The molecular weight excluding hydrogens is 426 g/mol. The summed E-state index contributed by atoms with van der Waals surface area (Å²) in [5.41, 5.74) is 19.0. The largest absolute Gasteiger partial charge is 2.00 e. The van der Waals surface area contributed by atoms with Gasteiger partial charge < -0.3 is 0 Å². The van der Waals surface area contributed by atoms with Crippen LogP contribution < -0.4 is 0 Å². The second-order valence-corrected chi connectivity index (χ2v) is 9.25. The van der Waals surface area contributed by atoms with Crippen molar-refractivity contribution in [2.24, 2.45) is 0 Å². The standard InChI is InChI=1S/2C15H21.Zn/c2*1-9(2)12(5)15-13(6)10(3)8-11(4)14(15)7;/h2*1-7H3;/q2*-1;+2. The zero-order valence-corrected chi connectivity index (χ0v) is 25.7. The number of hydrogen-bond acceptors (Lipinski definition) is 0. The fourth-order valence-electron chi connectivity index (χ4n) is 3.88. The van der Waals surface area contributed by atoms with Crippen LogP contribution in [-0.2, 0) is 19.5 Å². The van der Waals surface area contributed by atoms with Crippen molar-refractivity contribution >= 4 is 11.1 Å². The maximum atomic E-state index is 3.42. The summed E-state index contributed by atoms with van der Waals surface area (Å²) in [6.07, 6.45) is 0. The third kappa shape index (κ3) is 6.76. The van der Waals surface area contributed by atoms with Crippen LogP contribution in [0, 0.1) is 67.5 Å². The van der Waals surface area contributed by atoms with E-state index in [0.717, 1.165) is 0 Å². The molecule has 2 aromatic rings. The molecule has 0 aromatic heterocycles. The Kier molecular flexibility index (Phi) is 11.4. The van der Waals surface area contributed by atoms with Crippen molar-refractivity contribution in [3.05, 3.63) is 78.9 Å². The Balaban J connectivity index is 0.000000562. The molecule has 0 saturated heterocycles. The molecule has 0 spiro atoms. The number of rotatable bonds is 2. The first-order valence-electron chi connectivity index (χ1n) is 11.0. The molecule has 0 saturated carbocycles. The van der Waals surface area contributed by atoms with Gasteiger partial charge in [0.15, 0.2) is 0 Å². The molecule has 0 fully saturated rings. The van der Waals surface area contributed by atoms with Crippen molar-refractivity contribution in [1.82, 2.24) is 0 Å². The second-order valence-electron chi connectivity index (χ2n) is 9.25. The summed E-state index contributed by atoms with van der Waals surface area (Å²) in [5, 5.41) is 0. The maximum Gasteiger partial charge on any atom is 2.00 e. The molecule has 0 N–H and O–H groups in total. The molecule has 2 rings (SSSR count). The van der Waals surface area contributed by atoms with E-state index in [1.54, 1.807) is 0 Å². The minimum Gasteiger partial charge on any atom is -0.177 e. The van der Waals surface area contributed by atoms with Crippen molar-refractivity contribution in [2.45, 2.75) is 96.9 Å². The van der Waals surface area contributed by atoms with Gasteiger partial charge in [-0.05, 0) is 41.5 Å². The van der Waals surface area contributed by atoms with Crippen LogP contribution in [0.25, 0.3) is 11.1 Å². The first kappa shape index (κ1) is 29.5. The first-order valence-corrected chi connectivity index (χ1v) is 11.0. The van der Waals surface area contributed by atoms with Gasteiger partial charge in [-0.15, -0.1) is 33.4 Å². The maximum absolute atomic E-state index is 3.42. The van der Waals surface area contributed by atoms with E-state index < -0.39 is 0 Å². The Hall–Kier alpha value is -1.46. The Morgan fingerprint density at radius 2 is 0.613 bits per heavy atom. The van der Waals surface area contributed by atoms with Crippen LogP contribution in [0.4, 0.5) is 0 Å². The SMILES string of the molecule is CC(C)=C(C)c1c(C)c(C)[c-]c(C)c1C.CC(C)=C(C)c1c(C)c(C)[c-]c(C)c1C.[Zn+2]. The molecule has 0 radical (unpaired) electrons. The Bertz CT molecular complexity index is 870. The second kappa shape index (κ2) is 12.0. The average Bonchev–Trinajstić information content (AvgIpc) is 2.65. The molecule has 164 valence electrons. The molecule has 0 nitrogen and oxygen atoms in total. The smallest absolute Gasteiger partial charge is 0.177 e. The summed E-state index contributed by atoms with van der Waals surface area (Å²) in [7, 11) is 0. The van der Waals surface area contributed by atoms with Gasteiger partial charge in [0.2, 0.25) is 0 Å². The van der Waals surface area contributed by atoms with Gasteiger partial charge in [0, 0.05) is 0 Å². The fraction of sp³-hybridized carbons (Fsp3) is 0.467. The Morgan fingerprint density at radius 3 is 0.774 bits per heavy atom. The van der Waals surface area contributed by atoms with E-state index in [-0.39, 0.29) is 19.5 Å². The quantitative estimate of drug-likeness (QED) is 0.305. The molecule has 0 amide bonds. The van der Waals surface area contributed by atoms with Gasteiger partial charge >= 0.3 is 19.5 Å². The molecule has 1 heteroatoms. The summed E-state index contributed by atoms with van der Waals surface area (Å²) in [6, 6.07) is 6.84. The molecule has 31 heavy (non-hydrogen) atoms. The average molecular weight is 468 g/mol. The van der Waals surface area contributed by atoms with Gasteiger partial charge in [-0.2, -0.15) is 34.4 Å². The van der Waals surface area contributed by atoms with Crippen molar-refractivity contribution in [2.75, 3.05) is 0 Å². The van der Waals surface area contributed by atoms with Crippen LogP contribution in [0.3, 0.4) is 0 Å². The summed E-state index contributed by atoms with van der Waals surface area (Å²) >= 11 is 0. The van der Waals surface area contributed by atoms with Gasteiger partial charge in [-0.25, -0.2) is 0 Å². The van der Waals surface area contributed by atoms with Crippen molar-refractivity contribution in [3.8, 4) is 0 Å². The van der Waals surface area contributed by atoms with E-state index in [9.17, 15) is 0 Å². The predicted octanol–water partition coefficient (Wildman–Crippen LogP) is 9.07. The molecule has 0 atom stereocenters. The van der Waals surface area contributed by atoms with Crippen LogP contribution in [0.2, 0.25) is 0 Å². The minimum absolute atomic E-state index is 0. The normalized spacial score (nSPS) is 10.0. The Morgan fingerprint density at radius 1 is 0.419 bits per heavy atom. The minimum atomic E-state index is 0. The first-order chi connectivity index (χ1) is 13.7. The zero-order valence-electron chi connectivity index (χ0n) is 22.7. The number of allylic oxidation sites excluding steroid dienone is 4. The topological polar surface area (TPSA) is 0 Å². The van der Waals surface area contributed by atoms with Crippen LogP contribution in [0.15, 0.2) is 11.1 Å². The zero-order chi connectivity index (χ0) is 23.5. The monoisotopic (exact) mass is 466 g/mol. The van der Waals surface area contributed by atoms with E-state index in [1.165, 1.54) is 77.9 Å². The summed E-state index contributed by atoms with van der Waals surface area (Å²) < 4.78 is 0. The van der Waals surface area contributed by atoms with Gasteiger partial charge in [0.05, 0.1) is 0 Å². The molecule has 2 aromatic carbocycles. The van der Waals surface area contributed by atoms with Crippen LogP contribution >= 0.6 is 0 Å². The number of aryl methyl sites for hydroxylation is 4. The molecule has 0 aliphatic carbocycles. The van der Waals surface area contributed by atoms with E-state index in [1.807, 2.05) is 0 Å². The predicted molar refractivity (Wildman–Crippen MR) is 136 cm³/mol. The van der Waals surface area contributed by atoms with Crippen LogP contribution in [-0.4, -0.2) is 0 Å². The summed E-state index contributed by atoms with van der Waals surface area (Å²) in [4.78, 5) is 0. The van der Waals surface area contributed by atoms with Crippen molar-refractivity contribution in [1.29, 1.82) is 0 Å². The van der Waals surface area contributed by atoms with E-state index in [4.69, 9.17) is 0 Å². The van der Waals surface area contributed by atoms with Gasteiger partial charge in [0.25, 0.3) is 0 Å². The summed E-state index contributed by atoms with van der Waals surface area (Å²) in [6.45, 7) is 30.5. The van der Waals surface area contributed by atoms with Gasteiger partial charge in [0.1, 0.15) is 0 Å². The van der Waals surface area contributed by atoms with E-state index >= 15 is 0 Å². The van der Waals surface area contributed by atoms with Crippen molar-refractivity contribution in [3.63, 3.8) is 0 Å². The fourth-order valence-corrected chi connectivity index (χ4v) is 3.88. The third-order valence-corrected chi connectivity index (χ3v) is 6.75. The van der Waals surface area contributed by atoms with E-state index in [0.29, 0.717) is 0 Å². The van der Waals surface area contributed by atoms with Gasteiger partial charge in [-0.1, -0.05) is 77.7 Å². The van der Waals surface area contributed by atoms with Crippen LogP contribution in [0.1, 0.15) is 97.2 Å². The van der Waals surface area contributed by atoms with Crippen molar-refractivity contribution < 1.29 is 19.5 Å². The summed E-state index contributed by atoms with van der Waals surface area (Å²) in [5.74, 6) is 0. The Labute approximate surface area is 206 Å². The molecule has 0 heterocycles. The molecular formula is C30H42Zn. The van der Waals surface area contributed by atoms with E-state index in [2.05, 4.69) is 109 Å². The molecule has 0 aliphatic rings. The number of hydrogen-bond donors (Lipinski definition) is 0. The third-order valence-electron chi connectivity index (χ3n) is 6.75. The molecule has 0 bridgehead atoms. The van der Waals surface area contributed by atoms with Gasteiger partial charge in [-0.3, -0.25) is 0 Å². The molecule has 0 aliphatic heterocycles. The molecule has 0 unspecified atom stereocenters. The van der Waals surface area contributed by atoms with Crippen LogP contribution in [0.5, 0.6) is 0 Å².